The zero-order valence-electron chi connectivity index (χ0n) is 13.4. The van der Waals surface area contributed by atoms with Gasteiger partial charge in [0.2, 0.25) is 0 Å². The molecule has 1 aromatic carbocycles. The number of nitriles is 1. The number of hydrogen-bond donors (Lipinski definition) is 1. The SMILES string of the molecule is CC(C)Oc1ccc(CNC(=O)/C(C#N)=C/c2ccco2)cc1F. The van der Waals surface area contributed by atoms with Crippen LogP contribution < -0.4 is 10.1 Å². The standard InChI is InChI=1S/C18H17FN2O3/c1-12(2)24-17-6-5-13(8-16(17)19)11-21-18(22)14(10-20)9-15-4-3-7-23-15/h3-9,12H,11H2,1-2H3,(H,21,22)/b14-9+. The zero-order chi connectivity index (χ0) is 17.5. The molecular weight excluding hydrogens is 311 g/mol. The zero-order valence-corrected chi connectivity index (χ0v) is 13.4. The minimum absolute atomic E-state index is 0.0921. The number of furan rings is 1. The Labute approximate surface area is 139 Å². The highest BCUT2D eigenvalue weighted by molar-refractivity contribution is 6.01. The van der Waals surface area contributed by atoms with Gasteiger partial charge in [0.15, 0.2) is 11.6 Å². The average Bonchev–Trinajstić information content (AvgIpc) is 3.05. The van der Waals surface area contributed by atoms with Crippen LogP contribution in [0, 0.1) is 17.1 Å². The van der Waals surface area contributed by atoms with E-state index >= 15 is 0 Å². The Bertz CT molecular complexity index is 774. The fraction of sp³-hybridized carbons (Fsp3) is 0.222. The van der Waals surface area contributed by atoms with E-state index in [1.165, 1.54) is 24.5 Å². The lowest BCUT2D eigenvalue weighted by atomic mass is 10.2. The van der Waals surface area contributed by atoms with Gasteiger partial charge < -0.3 is 14.5 Å². The molecule has 2 rings (SSSR count). The highest BCUT2D eigenvalue weighted by atomic mass is 19.1. The van der Waals surface area contributed by atoms with Crippen molar-refractivity contribution in [2.24, 2.45) is 0 Å². The summed E-state index contributed by atoms with van der Waals surface area (Å²) < 4.78 is 24.3. The third kappa shape index (κ3) is 4.71. The Morgan fingerprint density at radius 1 is 1.46 bits per heavy atom. The van der Waals surface area contributed by atoms with Crippen molar-refractivity contribution in [1.82, 2.24) is 5.32 Å². The monoisotopic (exact) mass is 328 g/mol. The van der Waals surface area contributed by atoms with Crippen LogP contribution in [0.2, 0.25) is 0 Å². The summed E-state index contributed by atoms with van der Waals surface area (Å²) in [5.74, 6) is -0.489. The second kappa shape index (κ2) is 7.97. The highest BCUT2D eigenvalue weighted by Crippen LogP contribution is 2.19. The maximum absolute atomic E-state index is 13.9. The topological polar surface area (TPSA) is 75.3 Å². The van der Waals surface area contributed by atoms with Gasteiger partial charge in [0.25, 0.3) is 5.91 Å². The molecule has 0 saturated carbocycles. The number of benzene rings is 1. The molecule has 1 amide bonds. The number of ether oxygens (including phenoxy) is 1. The van der Waals surface area contributed by atoms with Crippen molar-refractivity contribution < 1.29 is 18.3 Å². The summed E-state index contributed by atoms with van der Waals surface area (Å²) in [5, 5.41) is 11.6. The molecule has 5 nitrogen and oxygen atoms in total. The molecule has 6 heteroatoms. The Kier molecular flexibility index (Phi) is 5.74. The van der Waals surface area contributed by atoms with Gasteiger partial charge in [-0.25, -0.2) is 4.39 Å². The summed E-state index contributed by atoms with van der Waals surface area (Å²) >= 11 is 0. The molecule has 124 valence electrons. The second-order valence-corrected chi connectivity index (χ2v) is 5.30. The molecule has 0 aliphatic heterocycles. The van der Waals surface area contributed by atoms with Crippen molar-refractivity contribution in [3.63, 3.8) is 0 Å². The Balaban J connectivity index is 2.01. The maximum Gasteiger partial charge on any atom is 0.262 e. The van der Waals surface area contributed by atoms with Crippen molar-refractivity contribution in [2.75, 3.05) is 0 Å². The largest absolute Gasteiger partial charge is 0.488 e. The van der Waals surface area contributed by atoms with E-state index in [2.05, 4.69) is 5.32 Å². The first-order valence-electron chi connectivity index (χ1n) is 7.38. The third-order valence-electron chi connectivity index (χ3n) is 3.01. The minimum atomic E-state index is -0.559. The van der Waals surface area contributed by atoms with Crippen molar-refractivity contribution in [3.05, 3.63) is 59.3 Å². The Morgan fingerprint density at radius 3 is 2.83 bits per heavy atom. The van der Waals surface area contributed by atoms with Gasteiger partial charge in [-0.3, -0.25) is 4.79 Å². The normalized spacial score (nSPS) is 11.2. The summed E-state index contributed by atoms with van der Waals surface area (Å²) in [6.45, 7) is 3.71. The van der Waals surface area contributed by atoms with Crippen LogP contribution in [0.3, 0.4) is 0 Å². The molecule has 0 saturated heterocycles. The fourth-order valence-electron chi connectivity index (χ4n) is 1.95. The van der Waals surface area contributed by atoms with Crippen molar-refractivity contribution >= 4 is 12.0 Å². The fourth-order valence-corrected chi connectivity index (χ4v) is 1.95. The van der Waals surface area contributed by atoms with Gasteiger partial charge in [0.05, 0.1) is 12.4 Å². The third-order valence-corrected chi connectivity index (χ3v) is 3.01. The van der Waals surface area contributed by atoms with Crippen LogP contribution in [-0.2, 0) is 11.3 Å². The predicted octanol–water partition coefficient (Wildman–Crippen LogP) is 3.43. The Morgan fingerprint density at radius 2 is 2.25 bits per heavy atom. The molecule has 24 heavy (non-hydrogen) atoms. The van der Waals surface area contributed by atoms with E-state index in [9.17, 15) is 9.18 Å². The molecule has 1 N–H and O–H groups in total. The number of nitrogens with one attached hydrogen (secondary N) is 1. The number of carbonyl (C=O) groups excluding carboxylic acids is 1. The summed E-state index contributed by atoms with van der Waals surface area (Å²) in [7, 11) is 0. The predicted molar refractivity (Wildman–Crippen MR) is 86.3 cm³/mol. The van der Waals surface area contributed by atoms with Gasteiger partial charge in [0, 0.05) is 12.6 Å². The molecule has 0 radical (unpaired) electrons. The average molecular weight is 328 g/mol. The molecular formula is C18H17FN2O3. The minimum Gasteiger partial charge on any atom is -0.488 e. The molecule has 1 heterocycles. The quantitative estimate of drug-likeness (QED) is 0.651. The van der Waals surface area contributed by atoms with E-state index in [4.69, 9.17) is 14.4 Å². The molecule has 0 unspecified atom stereocenters. The molecule has 0 bridgehead atoms. The van der Waals surface area contributed by atoms with Crippen LogP contribution in [0.4, 0.5) is 4.39 Å². The van der Waals surface area contributed by atoms with Crippen LogP contribution in [0.15, 0.2) is 46.6 Å². The van der Waals surface area contributed by atoms with E-state index in [1.54, 1.807) is 18.2 Å². The number of amides is 1. The second-order valence-electron chi connectivity index (χ2n) is 5.30. The first-order valence-corrected chi connectivity index (χ1v) is 7.38. The number of hydrogen-bond acceptors (Lipinski definition) is 4. The van der Waals surface area contributed by atoms with Crippen molar-refractivity contribution in [2.45, 2.75) is 26.5 Å². The van der Waals surface area contributed by atoms with E-state index in [1.807, 2.05) is 19.9 Å². The van der Waals surface area contributed by atoms with Crippen molar-refractivity contribution in [3.8, 4) is 11.8 Å². The summed E-state index contributed by atoms with van der Waals surface area (Å²) in [4.78, 5) is 12.0. The molecule has 0 aliphatic rings. The number of halogens is 1. The first-order chi connectivity index (χ1) is 11.5. The van der Waals surface area contributed by atoms with Gasteiger partial charge in [-0.2, -0.15) is 5.26 Å². The summed E-state index contributed by atoms with van der Waals surface area (Å²) in [6, 6.07) is 9.56. The van der Waals surface area contributed by atoms with Crippen LogP contribution in [0.1, 0.15) is 25.2 Å². The van der Waals surface area contributed by atoms with Gasteiger partial charge in [-0.1, -0.05) is 6.07 Å². The molecule has 0 atom stereocenters. The molecule has 0 aliphatic carbocycles. The van der Waals surface area contributed by atoms with E-state index < -0.39 is 11.7 Å². The van der Waals surface area contributed by atoms with Gasteiger partial charge in [-0.15, -0.1) is 0 Å². The van der Waals surface area contributed by atoms with Crippen LogP contribution >= 0.6 is 0 Å². The molecule has 1 aromatic heterocycles. The molecule has 2 aromatic rings. The lowest BCUT2D eigenvalue weighted by molar-refractivity contribution is -0.117. The number of nitrogens with zero attached hydrogens (tertiary/aromatic N) is 1. The number of carbonyl (C=O) groups is 1. The molecule has 0 spiro atoms. The van der Waals surface area contributed by atoms with E-state index in [0.717, 1.165) is 0 Å². The van der Waals surface area contributed by atoms with Crippen LogP contribution in [0.25, 0.3) is 6.08 Å². The van der Waals surface area contributed by atoms with E-state index in [-0.39, 0.29) is 24.0 Å². The highest BCUT2D eigenvalue weighted by Gasteiger charge is 2.11. The van der Waals surface area contributed by atoms with Gasteiger partial charge >= 0.3 is 0 Å². The van der Waals surface area contributed by atoms with Crippen LogP contribution in [0.5, 0.6) is 5.75 Å². The first kappa shape index (κ1) is 17.3. The maximum atomic E-state index is 13.9. The van der Waals surface area contributed by atoms with E-state index in [0.29, 0.717) is 11.3 Å². The van der Waals surface area contributed by atoms with Crippen LogP contribution in [-0.4, -0.2) is 12.0 Å². The van der Waals surface area contributed by atoms with Gasteiger partial charge in [-0.05, 0) is 43.7 Å². The summed E-state index contributed by atoms with van der Waals surface area (Å²) in [6.07, 6.45) is 2.66. The summed E-state index contributed by atoms with van der Waals surface area (Å²) in [5.41, 5.74) is 0.470. The number of rotatable bonds is 6. The lowest BCUT2D eigenvalue weighted by Gasteiger charge is -2.11. The lowest BCUT2D eigenvalue weighted by Crippen LogP contribution is -2.24. The van der Waals surface area contributed by atoms with Crippen molar-refractivity contribution in [1.29, 1.82) is 5.26 Å². The van der Waals surface area contributed by atoms with Gasteiger partial charge in [0.1, 0.15) is 17.4 Å². The molecule has 0 fully saturated rings. The Hall–Kier alpha value is -3.07. The smallest absolute Gasteiger partial charge is 0.262 e.